The number of rotatable bonds is 5. The summed E-state index contributed by atoms with van der Waals surface area (Å²) >= 11 is 3.39. The summed E-state index contributed by atoms with van der Waals surface area (Å²) in [7, 11) is -3.69. The first-order valence-electron chi connectivity index (χ1n) is 6.41. The number of anilines is 2. The number of hydrogen-bond acceptors (Lipinski definition) is 4. The summed E-state index contributed by atoms with van der Waals surface area (Å²) in [4.78, 5) is 4.03. The van der Waals surface area contributed by atoms with Crippen LogP contribution in [0.5, 0.6) is 0 Å². The molecule has 0 fully saturated rings. The predicted octanol–water partition coefficient (Wildman–Crippen LogP) is 3.39. The largest absolute Gasteiger partial charge is 0.384 e. The molecular formula is C14H16BrN3O2S. The van der Waals surface area contributed by atoms with Gasteiger partial charge in [-0.25, -0.2) is 8.42 Å². The van der Waals surface area contributed by atoms with E-state index in [1.165, 1.54) is 6.20 Å². The van der Waals surface area contributed by atoms with Gasteiger partial charge in [-0.15, -0.1) is 0 Å². The van der Waals surface area contributed by atoms with Crippen LogP contribution in [0, 0.1) is 6.92 Å². The molecule has 0 aliphatic rings. The van der Waals surface area contributed by atoms with Crippen molar-refractivity contribution in [3.63, 3.8) is 0 Å². The zero-order valence-corrected chi connectivity index (χ0v) is 14.1. The first-order valence-corrected chi connectivity index (χ1v) is 8.68. The van der Waals surface area contributed by atoms with Crippen molar-refractivity contribution in [3.8, 4) is 0 Å². The smallest absolute Gasteiger partial charge is 0.265 e. The topological polar surface area (TPSA) is 71.1 Å². The Morgan fingerprint density at radius 1 is 1.29 bits per heavy atom. The number of benzene rings is 1. The van der Waals surface area contributed by atoms with E-state index in [0.717, 1.165) is 10.0 Å². The Hall–Kier alpha value is -1.60. The van der Waals surface area contributed by atoms with Crippen LogP contribution in [0.2, 0.25) is 0 Å². The van der Waals surface area contributed by atoms with Crippen LogP contribution < -0.4 is 10.0 Å². The number of halogens is 1. The fourth-order valence-corrected chi connectivity index (χ4v) is 3.35. The van der Waals surface area contributed by atoms with Crippen LogP contribution in [0.15, 0.2) is 46.0 Å². The lowest BCUT2D eigenvalue weighted by molar-refractivity contribution is 0.601. The highest BCUT2D eigenvalue weighted by Gasteiger charge is 2.19. The molecule has 0 atom stereocenters. The molecule has 0 bridgehead atoms. The lowest BCUT2D eigenvalue weighted by atomic mass is 10.2. The van der Waals surface area contributed by atoms with E-state index < -0.39 is 10.0 Å². The van der Waals surface area contributed by atoms with Gasteiger partial charge < -0.3 is 5.32 Å². The number of nitrogens with zero attached hydrogens (tertiary/aromatic N) is 1. The Kier molecular flexibility index (Phi) is 4.84. The molecule has 1 aromatic heterocycles. The van der Waals surface area contributed by atoms with Crippen LogP contribution in [0.25, 0.3) is 0 Å². The van der Waals surface area contributed by atoms with Gasteiger partial charge in [-0.3, -0.25) is 9.71 Å². The van der Waals surface area contributed by atoms with E-state index in [1.54, 1.807) is 24.4 Å². The maximum Gasteiger partial charge on any atom is 0.265 e. The molecule has 0 radical (unpaired) electrons. The molecule has 1 heterocycles. The molecule has 1 aromatic carbocycles. The van der Waals surface area contributed by atoms with Gasteiger partial charge in [0.25, 0.3) is 10.0 Å². The summed E-state index contributed by atoms with van der Waals surface area (Å²) < 4.78 is 28.4. The number of aromatic nitrogens is 1. The van der Waals surface area contributed by atoms with E-state index in [0.29, 0.717) is 17.9 Å². The highest BCUT2D eigenvalue weighted by atomic mass is 79.9. The van der Waals surface area contributed by atoms with Gasteiger partial charge in [0.15, 0.2) is 0 Å². The van der Waals surface area contributed by atoms with Gasteiger partial charge in [0.05, 0.1) is 5.69 Å². The fourth-order valence-electron chi connectivity index (χ4n) is 1.80. The first kappa shape index (κ1) is 15.8. The maximum absolute atomic E-state index is 12.5. The van der Waals surface area contributed by atoms with E-state index >= 15 is 0 Å². The quantitative estimate of drug-likeness (QED) is 0.847. The molecule has 0 saturated heterocycles. The number of pyridine rings is 1. The third-order valence-electron chi connectivity index (χ3n) is 2.87. The second kappa shape index (κ2) is 6.44. The van der Waals surface area contributed by atoms with Gasteiger partial charge >= 0.3 is 0 Å². The van der Waals surface area contributed by atoms with Crippen molar-refractivity contribution in [1.29, 1.82) is 0 Å². The molecule has 7 heteroatoms. The van der Waals surface area contributed by atoms with Crippen molar-refractivity contribution in [3.05, 3.63) is 46.7 Å². The monoisotopic (exact) mass is 369 g/mol. The second-order valence-corrected chi connectivity index (χ2v) is 6.98. The minimum absolute atomic E-state index is 0.128. The first-order chi connectivity index (χ1) is 9.94. The molecule has 2 rings (SSSR count). The Balaban J connectivity index is 2.36. The van der Waals surface area contributed by atoms with Crippen LogP contribution in [0.3, 0.4) is 0 Å². The average molecular weight is 370 g/mol. The van der Waals surface area contributed by atoms with Gasteiger partial charge in [-0.05, 0) is 37.6 Å². The zero-order chi connectivity index (χ0) is 15.5. The predicted molar refractivity (Wildman–Crippen MR) is 88.1 cm³/mol. The second-order valence-electron chi connectivity index (χ2n) is 4.47. The van der Waals surface area contributed by atoms with Crippen molar-refractivity contribution in [2.45, 2.75) is 18.7 Å². The Morgan fingerprint density at radius 3 is 2.71 bits per heavy atom. The Labute approximate surface area is 133 Å². The standard InChI is InChI=1S/C14H16BrN3O2S/c1-3-17-13-6-7-16-9-14(13)21(19,20)18-11-5-4-10(2)12(15)8-11/h4-9,18H,3H2,1-2H3,(H,16,17). The third kappa shape index (κ3) is 3.74. The summed E-state index contributed by atoms with van der Waals surface area (Å²) in [5.41, 5.74) is 2.07. The van der Waals surface area contributed by atoms with Crippen LogP contribution in [0.4, 0.5) is 11.4 Å². The lowest BCUT2D eigenvalue weighted by Gasteiger charge is -2.13. The van der Waals surface area contributed by atoms with E-state index in [9.17, 15) is 8.42 Å². The summed E-state index contributed by atoms with van der Waals surface area (Å²) in [5.74, 6) is 0. The van der Waals surface area contributed by atoms with Crippen LogP contribution in [0.1, 0.15) is 12.5 Å². The molecule has 21 heavy (non-hydrogen) atoms. The molecular weight excluding hydrogens is 354 g/mol. The summed E-state index contributed by atoms with van der Waals surface area (Å²) in [6.07, 6.45) is 2.89. The van der Waals surface area contributed by atoms with E-state index in [-0.39, 0.29) is 4.90 Å². The molecule has 0 aliphatic heterocycles. The molecule has 112 valence electrons. The summed E-state index contributed by atoms with van der Waals surface area (Å²) in [6.45, 7) is 4.47. The van der Waals surface area contributed by atoms with Crippen LogP contribution >= 0.6 is 15.9 Å². The molecule has 2 aromatic rings. The van der Waals surface area contributed by atoms with E-state index in [2.05, 4.69) is 31.0 Å². The van der Waals surface area contributed by atoms with E-state index in [4.69, 9.17) is 0 Å². The molecule has 5 nitrogen and oxygen atoms in total. The van der Waals surface area contributed by atoms with Gasteiger partial charge in [0, 0.05) is 29.1 Å². The molecule has 0 aliphatic carbocycles. The van der Waals surface area contributed by atoms with Crippen molar-refractivity contribution >= 4 is 37.3 Å². The van der Waals surface area contributed by atoms with Crippen molar-refractivity contribution in [2.24, 2.45) is 0 Å². The van der Waals surface area contributed by atoms with Crippen molar-refractivity contribution < 1.29 is 8.42 Å². The molecule has 0 spiro atoms. The van der Waals surface area contributed by atoms with Crippen LogP contribution in [-0.4, -0.2) is 19.9 Å². The number of hydrogen-bond donors (Lipinski definition) is 2. The Bertz CT molecular complexity index is 748. The van der Waals surface area contributed by atoms with Gasteiger partial charge in [0.1, 0.15) is 4.90 Å². The average Bonchev–Trinajstić information content (AvgIpc) is 2.43. The Morgan fingerprint density at radius 2 is 2.05 bits per heavy atom. The minimum Gasteiger partial charge on any atom is -0.384 e. The SMILES string of the molecule is CCNc1ccncc1S(=O)(=O)Nc1ccc(C)c(Br)c1. The normalized spacial score (nSPS) is 11.2. The molecule has 2 N–H and O–H groups in total. The van der Waals surface area contributed by atoms with Gasteiger partial charge in [-0.1, -0.05) is 22.0 Å². The van der Waals surface area contributed by atoms with Gasteiger partial charge in [0.2, 0.25) is 0 Å². The fraction of sp³-hybridized carbons (Fsp3) is 0.214. The number of nitrogens with one attached hydrogen (secondary N) is 2. The summed E-state index contributed by atoms with van der Waals surface area (Å²) in [5, 5.41) is 3.02. The molecule has 0 unspecified atom stereocenters. The molecule has 0 amide bonds. The minimum atomic E-state index is -3.69. The number of aryl methyl sites for hydroxylation is 1. The maximum atomic E-state index is 12.5. The number of sulfonamides is 1. The highest BCUT2D eigenvalue weighted by molar-refractivity contribution is 9.10. The third-order valence-corrected chi connectivity index (χ3v) is 5.13. The highest BCUT2D eigenvalue weighted by Crippen LogP contribution is 2.25. The van der Waals surface area contributed by atoms with Crippen molar-refractivity contribution in [1.82, 2.24) is 4.98 Å². The van der Waals surface area contributed by atoms with Gasteiger partial charge in [-0.2, -0.15) is 0 Å². The van der Waals surface area contributed by atoms with E-state index in [1.807, 2.05) is 19.9 Å². The summed E-state index contributed by atoms with van der Waals surface area (Å²) in [6, 6.07) is 6.94. The van der Waals surface area contributed by atoms with Crippen molar-refractivity contribution in [2.75, 3.05) is 16.6 Å². The molecule has 0 saturated carbocycles. The zero-order valence-electron chi connectivity index (χ0n) is 11.7. The lowest BCUT2D eigenvalue weighted by Crippen LogP contribution is -2.15. The van der Waals surface area contributed by atoms with Crippen LogP contribution in [-0.2, 0) is 10.0 Å².